The summed E-state index contributed by atoms with van der Waals surface area (Å²) < 4.78 is 0. The molecule has 6 rings (SSSR count). The van der Waals surface area contributed by atoms with E-state index in [0.29, 0.717) is 18.5 Å². The zero-order valence-corrected chi connectivity index (χ0v) is 21.1. The number of para-hydroxylation sites is 1. The number of Topliss-reactive ketones (excluding diaryl/α,β-unsaturated/α-hetero) is 1. The van der Waals surface area contributed by atoms with E-state index >= 15 is 0 Å². The number of benzene rings is 4. The Kier molecular flexibility index (Phi) is 6.04. The normalized spacial score (nSPS) is 17.1. The molecule has 0 aliphatic carbocycles. The monoisotopic (exact) mass is 500 g/mol. The standard InChI is InChI=1S/C33H28N2O3/c1-2-21-14-16-23(17-15-21)30-29(31(36)27-12-7-9-22-8-3-4-10-25(22)27)32(37)33(38)35(30)19-18-24-20-34-28-13-6-5-11-26(24)28/h3-17,20,30,34,36H,2,18-19H2,1H3. The number of carbonyl (C=O) groups excluding carboxylic acids is 2. The lowest BCUT2D eigenvalue weighted by molar-refractivity contribution is -0.139. The van der Waals surface area contributed by atoms with Gasteiger partial charge in [0.15, 0.2) is 0 Å². The molecule has 0 radical (unpaired) electrons. The maximum Gasteiger partial charge on any atom is 0.295 e. The minimum Gasteiger partial charge on any atom is -0.507 e. The van der Waals surface area contributed by atoms with E-state index in [-0.39, 0.29) is 11.3 Å². The van der Waals surface area contributed by atoms with Crippen LogP contribution in [-0.2, 0) is 22.4 Å². The van der Waals surface area contributed by atoms with E-state index in [0.717, 1.165) is 39.2 Å². The quantitative estimate of drug-likeness (QED) is 0.158. The Bertz CT molecular complexity index is 1710. The van der Waals surface area contributed by atoms with Crippen LogP contribution >= 0.6 is 0 Å². The molecule has 38 heavy (non-hydrogen) atoms. The van der Waals surface area contributed by atoms with E-state index in [9.17, 15) is 14.7 Å². The Hall–Kier alpha value is -4.64. The molecule has 1 aromatic heterocycles. The van der Waals surface area contributed by atoms with Crippen LogP contribution < -0.4 is 0 Å². The summed E-state index contributed by atoms with van der Waals surface area (Å²) in [5.74, 6) is -1.38. The van der Waals surface area contributed by atoms with Crippen molar-refractivity contribution >= 4 is 39.1 Å². The molecular weight excluding hydrogens is 472 g/mol. The second-order valence-electron chi connectivity index (χ2n) is 9.72. The maximum absolute atomic E-state index is 13.5. The fraction of sp³-hybridized carbons (Fsp3) is 0.152. The third-order valence-electron chi connectivity index (χ3n) is 7.59. The highest BCUT2D eigenvalue weighted by atomic mass is 16.3. The van der Waals surface area contributed by atoms with Crippen molar-refractivity contribution in [3.63, 3.8) is 0 Å². The number of ketones is 1. The summed E-state index contributed by atoms with van der Waals surface area (Å²) in [4.78, 5) is 31.9. The molecule has 5 heteroatoms. The molecule has 1 atom stereocenters. The van der Waals surface area contributed by atoms with Gasteiger partial charge in [0.25, 0.3) is 11.7 Å². The SMILES string of the molecule is CCc1ccc(C2C(=C(O)c3cccc4ccccc34)C(=O)C(=O)N2CCc2c[nH]c3ccccc23)cc1. The van der Waals surface area contributed by atoms with Crippen LogP contribution in [0.4, 0.5) is 0 Å². The van der Waals surface area contributed by atoms with E-state index < -0.39 is 17.7 Å². The lowest BCUT2D eigenvalue weighted by Gasteiger charge is -2.25. The van der Waals surface area contributed by atoms with Crippen molar-refractivity contribution in [2.24, 2.45) is 0 Å². The van der Waals surface area contributed by atoms with Crippen molar-refractivity contribution in [3.05, 3.63) is 125 Å². The van der Waals surface area contributed by atoms with Crippen LogP contribution in [0.3, 0.4) is 0 Å². The molecule has 5 aromatic rings. The molecule has 1 aliphatic heterocycles. The predicted octanol–water partition coefficient (Wildman–Crippen LogP) is 6.55. The Morgan fingerprint density at radius 1 is 0.868 bits per heavy atom. The highest BCUT2D eigenvalue weighted by Crippen LogP contribution is 2.40. The smallest absolute Gasteiger partial charge is 0.295 e. The number of carbonyl (C=O) groups is 2. The molecule has 1 fully saturated rings. The first-order chi connectivity index (χ1) is 18.6. The number of aromatic nitrogens is 1. The van der Waals surface area contributed by atoms with Crippen LogP contribution in [0.2, 0.25) is 0 Å². The van der Waals surface area contributed by atoms with E-state index in [2.05, 4.69) is 18.0 Å². The number of likely N-dealkylation sites (tertiary alicyclic amines) is 1. The molecule has 1 aliphatic rings. The lowest BCUT2D eigenvalue weighted by atomic mass is 9.92. The van der Waals surface area contributed by atoms with Gasteiger partial charge in [0.2, 0.25) is 0 Å². The van der Waals surface area contributed by atoms with Crippen LogP contribution in [0, 0.1) is 0 Å². The van der Waals surface area contributed by atoms with Crippen LogP contribution in [0.1, 0.15) is 35.2 Å². The Labute approximate surface area is 221 Å². The Balaban J connectivity index is 1.46. The van der Waals surface area contributed by atoms with Crippen LogP contribution in [0.15, 0.2) is 103 Å². The molecule has 0 saturated carbocycles. The van der Waals surface area contributed by atoms with Gasteiger partial charge in [-0.1, -0.05) is 91.9 Å². The molecular formula is C33H28N2O3. The molecule has 0 spiro atoms. The number of aromatic amines is 1. The molecule has 4 aromatic carbocycles. The zero-order valence-electron chi connectivity index (χ0n) is 21.1. The molecule has 1 saturated heterocycles. The molecule has 188 valence electrons. The average molecular weight is 501 g/mol. The number of H-pyrrole nitrogens is 1. The number of rotatable bonds is 6. The molecule has 0 bridgehead atoms. The van der Waals surface area contributed by atoms with E-state index in [1.54, 1.807) is 11.0 Å². The van der Waals surface area contributed by atoms with Gasteiger partial charge >= 0.3 is 0 Å². The number of amides is 1. The van der Waals surface area contributed by atoms with Crippen molar-refractivity contribution in [2.45, 2.75) is 25.8 Å². The van der Waals surface area contributed by atoms with Crippen LogP contribution in [0.25, 0.3) is 27.4 Å². The summed E-state index contributed by atoms with van der Waals surface area (Å²) in [6.07, 6.45) is 3.42. The largest absolute Gasteiger partial charge is 0.507 e. The van der Waals surface area contributed by atoms with Crippen molar-refractivity contribution in [3.8, 4) is 0 Å². The predicted molar refractivity (Wildman–Crippen MR) is 151 cm³/mol. The number of fused-ring (bicyclic) bond motifs is 2. The van der Waals surface area contributed by atoms with Crippen molar-refractivity contribution in [1.29, 1.82) is 0 Å². The van der Waals surface area contributed by atoms with Crippen molar-refractivity contribution in [2.75, 3.05) is 6.54 Å². The molecule has 1 unspecified atom stereocenters. The second-order valence-corrected chi connectivity index (χ2v) is 9.72. The highest BCUT2D eigenvalue weighted by Gasteiger charge is 2.46. The van der Waals surface area contributed by atoms with E-state index in [1.807, 2.05) is 85.1 Å². The van der Waals surface area contributed by atoms with Crippen molar-refractivity contribution < 1.29 is 14.7 Å². The van der Waals surface area contributed by atoms with E-state index in [1.165, 1.54) is 5.56 Å². The van der Waals surface area contributed by atoms with Gasteiger partial charge in [-0.3, -0.25) is 9.59 Å². The second kappa shape index (κ2) is 9.67. The number of aliphatic hydroxyl groups excluding tert-OH is 1. The van der Waals surface area contributed by atoms with Gasteiger partial charge in [-0.05, 0) is 46.4 Å². The summed E-state index contributed by atoms with van der Waals surface area (Å²) in [6, 6.07) is 28.7. The summed E-state index contributed by atoms with van der Waals surface area (Å²) >= 11 is 0. The number of nitrogens with zero attached hydrogens (tertiary/aromatic N) is 1. The van der Waals surface area contributed by atoms with Gasteiger partial charge in [-0.25, -0.2) is 0 Å². The highest BCUT2D eigenvalue weighted by molar-refractivity contribution is 6.46. The first-order valence-electron chi connectivity index (χ1n) is 13.0. The van der Waals surface area contributed by atoms with Gasteiger partial charge in [0.05, 0.1) is 11.6 Å². The zero-order chi connectivity index (χ0) is 26.2. The Morgan fingerprint density at radius 2 is 1.58 bits per heavy atom. The third-order valence-corrected chi connectivity index (χ3v) is 7.59. The Morgan fingerprint density at radius 3 is 2.37 bits per heavy atom. The third kappa shape index (κ3) is 3.97. The molecule has 1 amide bonds. The topological polar surface area (TPSA) is 73.4 Å². The molecule has 2 N–H and O–H groups in total. The number of hydrogen-bond donors (Lipinski definition) is 2. The van der Waals surface area contributed by atoms with Gasteiger partial charge in [0, 0.05) is 29.2 Å². The summed E-state index contributed by atoms with van der Waals surface area (Å²) in [6.45, 7) is 2.43. The first kappa shape index (κ1) is 23.7. The summed E-state index contributed by atoms with van der Waals surface area (Å²) in [5.41, 5.74) is 4.77. The van der Waals surface area contributed by atoms with Gasteiger partial charge in [0.1, 0.15) is 5.76 Å². The van der Waals surface area contributed by atoms with Crippen molar-refractivity contribution in [1.82, 2.24) is 9.88 Å². The fourth-order valence-electron chi connectivity index (χ4n) is 5.55. The number of hydrogen-bond acceptors (Lipinski definition) is 3. The summed E-state index contributed by atoms with van der Waals surface area (Å²) in [5, 5.41) is 14.5. The van der Waals surface area contributed by atoms with E-state index in [4.69, 9.17) is 0 Å². The van der Waals surface area contributed by atoms with Crippen LogP contribution in [-0.4, -0.2) is 33.2 Å². The van der Waals surface area contributed by atoms with Gasteiger partial charge < -0.3 is 15.0 Å². The summed E-state index contributed by atoms with van der Waals surface area (Å²) in [7, 11) is 0. The van der Waals surface area contributed by atoms with Crippen LogP contribution in [0.5, 0.6) is 0 Å². The lowest BCUT2D eigenvalue weighted by Crippen LogP contribution is -2.31. The molecule has 5 nitrogen and oxygen atoms in total. The minimum absolute atomic E-state index is 0.134. The minimum atomic E-state index is -0.676. The maximum atomic E-state index is 13.5. The molecule has 2 heterocycles. The fourth-order valence-corrected chi connectivity index (χ4v) is 5.55. The first-order valence-corrected chi connectivity index (χ1v) is 13.0. The number of nitrogens with one attached hydrogen (secondary N) is 1. The number of aliphatic hydroxyl groups is 1. The van der Waals surface area contributed by atoms with Gasteiger partial charge in [-0.15, -0.1) is 0 Å². The average Bonchev–Trinajstić information content (AvgIpc) is 3.49. The van der Waals surface area contributed by atoms with Gasteiger partial charge in [-0.2, -0.15) is 0 Å². The number of aryl methyl sites for hydroxylation is 1.